The van der Waals surface area contributed by atoms with Crippen molar-refractivity contribution in [3.8, 4) is 5.69 Å². The zero-order valence-electron chi connectivity index (χ0n) is 14.2. The first-order valence-corrected chi connectivity index (χ1v) is 8.16. The predicted molar refractivity (Wildman–Crippen MR) is 96.7 cm³/mol. The Balaban J connectivity index is 1.76. The third kappa shape index (κ3) is 3.82. The number of anilines is 2. The van der Waals surface area contributed by atoms with Gasteiger partial charge in [-0.25, -0.2) is 0 Å². The highest BCUT2D eigenvalue weighted by Crippen LogP contribution is 2.16. The molecule has 0 radical (unpaired) electrons. The first kappa shape index (κ1) is 16.6. The highest BCUT2D eigenvalue weighted by molar-refractivity contribution is 5.96. The Bertz CT molecular complexity index is 846. The van der Waals surface area contributed by atoms with E-state index in [4.69, 9.17) is 0 Å². The van der Waals surface area contributed by atoms with Crippen molar-refractivity contribution in [2.24, 2.45) is 0 Å². The zero-order valence-corrected chi connectivity index (χ0v) is 14.2. The molecule has 1 heterocycles. The number of amides is 1. The summed E-state index contributed by atoms with van der Waals surface area (Å²) in [5.41, 5.74) is 2.64. The highest BCUT2D eigenvalue weighted by atomic mass is 16.2. The molecule has 7 heteroatoms. The van der Waals surface area contributed by atoms with Crippen molar-refractivity contribution in [2.45, 2.75) is 26.3 Å². The molecule has 0 aliphatic carbocycles. The van der Waals surface area contributed by atoms with Crippen molar-refractivity contribution in [2.75, 3.05) is 10.6 Å². The summed E-state index contributed by atoms with van der Waals surface area (Å²) in [7, 11) is 0. The molecule has 3 rings (SSSR count). The monoisotopic (exact) mass is 336 g/mol. The van der Waals surface area contributed by atoms with Crippen LogP contribution in [0.3, 0.4) is 0 Å². The molecule has 2 N–H and O–H groups in total. The van der Waals surface area contributed by atoms with Gasteiger partial charge in [0.2, 0.25) is 11.9 Å². The molecule has 0 fully saturated rings. The number of aromatic nitrogens is 4. The van der Waals surface area contributed by atoms with Gasteiger partial charge in [0.1, 0.15) is 6.04 Å². The summed E-state index contributed by atoms with van der Waals surface area (Å²) in [4.78, 5) is 12.6. The number of benzene rings is 2. The van der Waals surface area contributed by atoms with Crippen LogP contribution in [0, 0.1) is 6.92 Å². The lowest BCUT2D eigenvalue weighted by atomic mass is 10.1. The van der Waals surface area contributed by atoms with E-state index >= 15 is 0 Å². The maximum Gasteiger partial charge on any atom is 0.248 e. The number of rotatable bonds is 6. The van der Waals surface area contributed by atoms with Gasteiger partial charge in [-0.3, -0.25) is 4.79 Å². The Hall–Kier alpha value is -3.22. The summed E-state index contributed by atoms with van der Waals surface area (Å²) < 4.78 is 1.57. The van der Waals surface area contributed by atoms with Gasteiger partial charge < -0.3 is 10.6 Å². The Morgan fingerprint density at radius 3 is 2.56 bits per heavy atom. The Morgan fingerprint density at radius 2 is 1.84 bits per heavy atom. The molecule has 0 bridgehead atoms. The van der Waals surface area contributed by atoms with Gasteiger partial charge in [0.25, 0.3) is 0 Å². The summed E-state index contributed by atoms with van der Waals surface area (Å²) in [6.07, 6.45) is 0.597. The fourth-order valence-electron chi connectivity index (χ4n) is 2.46. The number of carbonyl (C=O) groups excluding carboxylic acids is 1. The minimum absolute atomic E-state index is 0.126. The van der Waals surface area contributed by atoms with Crippen molar-refractivity contribution >= 4 is 17.5 Å². The molecule has 7 nitrogen and oxygen atoms in total. The number of carbonyl (C=O) groups is 1. The number of nitrogens with zero attached hydrogens (tertiary/aromatic N) is 4. The van der Waals surface area contributed by atoms with Crippen LogP contribution in [0.15, 0.2) is 54.6 Å². The van der Waals surface area contributed by atoms with Crippen molar-refractivity contribution < 1.29 is 4.79 Å². The zero-order chi connectivity index (χ0) is 17.6. The van der Waals surface area contributed by atoms with Crippen LogP contribution in [-0.2, 0) is 4.79 Å². The minimum Gasteiger partial charge on any atom is -0.341 e. The average molecular weight is 336 g/mol. The second kappa shape index (κ2) is 7.57. The number of hydrogen-bond acceptors (Lipinski definition) is 5. The second-order valence-electron chi connectivity index (χ2n) is 5.66. The topological polar surface area (TPSA) is 84.7 Å². The summed E-state index contributed by atoms with van der Waals surface area (Å²) in [5.74, 6) is 0.303. The molecule has 3 aromatic rings. The van der Waals surface area contributed by atoms with Gasteiger partial charge in [-0.15, -0.1) is 0 Å². The summed E-state index contributed by atoms with van der Waals surface area (Å²) in [6.45, 7) is 3.89. The third-order valence-electron chi connectivity index (χ3n) is 3.90. The van der Waals surface area contributed by atoms with E-state index in [9.17, 15) is 4.79 Å². The van der Waals surface area contributed by atoms with Gasteiger partial charge in [-0.05, 0) is 47.5 Å². The summed E-state index contributed by atoms with van der Waals surface area (Å²) in [5, 5.41) is 17.8. The Labute approximate surface area is 146 Å². The lowest BCUT2D eigenvalue weighted by molar-refractivity contribution is -0.117. The third-order valence-corrected chi connectivity index (χ3v) is 3.90. The van der Waals surface area contributed by atoms with E-state index in [1.54, 1.807) is 4.68 Å². The van der Waals surface area contributed by atoms with Crippen molar-refractivity contribution in [3.05, 3.63) is 60.2 Å². The van der Waals surface area contributed by atoms with Crippen LogP contribution in [0.2, 0.25) is 0 Å². The highest BCUT2D eigenvalue weighted by Gasteiger charge is 2.20. The SMILES string of the molecule is CC[C@H](Nc1nnnn1-c1ccccc1)C(=O)Nc1ccccc1C. The summed E-state index contributed by atoms with van der Waals surface area (Å²) in [6, 6.07) is 16.8. The Kier molecular flexibility index (Phi) is 5.03. The van der Waals surface area contributed by atoms with E-state index in [-0.39, 0.29) is 5.91 Å². The van der Waals surface area contributed by atoms with Crippen LogP contribution in [-0.4, -0.2) is 32.2 Å². The normalized spacial score (nSPS) is 11.8. The molecule has 1 atom stereocenters. The van der Waals surface area contributed by atoms with Gasteiger partial charge >= 0.3 is 0 Å². The van der Waals surface area contributed by atoms with Gasteiger partial charge in [-0.1, -0.05) is 48.4 Å². The molecular weight excluding hydrogens is 316 g/mol. The average Bonchev–Trinajstić information content (AvgIpc) is 3.10. The van der Waals surface area contributed by atoms with Crippen molar-refractivity contribution in [1.82, 2.24) is 20.2 Å². The molecule has 25 heavy (non-hydrogen) atoms. The molecule has 0 saturated heterocycles. The second-order valence-corrected chi connectivity index (χ2v) is 5.66. The fourth-order valence-corrected chi connectivity index (χ4v) is 2.46. The standard InChI is InChI=1S/C18H20N6O/c1-3-15(17(25)19-16-12-8-7-9-13(16)2)20-18-21-22-23-24(18)14-10-5-4-6-11-14/h4-12,15H,3H2,1-2H3,(H,19,25)(H,20,21,23)/t15-/m0/s1. The lowest BCUT2D eigenvalue weighted by Gasteiger charge is -2.18. The van der Waals surface area contributed by atoms with Gasteiger partial charge in [0.15, 0.2) is 0 Å². The number of para-hydroxylation sites is 2. The first-order valence-electron chi connectivity index (χ1n) is 8.16. The van der Waals surface area contributed by atoms with Gasteiger partial charge in [0.05, 0.1) is 5.69 Å². The smallest absolute Gasteiger partial charge is 0.248 e. The number of tetrazole rings is 1. The van der Waals surface area contributed by atoms with E-state index in [0.717, 1.165) is 16.9 Å². The van der Waals surface area contributed by atoms with Gasteiger partial charge in [-0.2, -0.15) is 4.68 Å². The molecule has 128 valence electrons. The molecule has 0 spiro atoms. The minimum atomic E-state index is -0.451. The molecule has 2 aromatic carbocycles. The van der Waals surface area contributed by atoms with Crippen LogP contribution in [0.25, 0.3) is 5.69 Å². The molecule has 0 saturated carbocycles. The molecule has 1 aromatic heterocycles. The quantitative estimate of drug-likeness (QED) is 0.723. The predicted octanol–water partition coefficient (Wildman–Crippen LogP) is 2.80. The number of hydrogen-bond donors (Lipinski definition) is 2. The van der Waals surface area contributed by atoms with E-state index < -0.39 is 6.04 Å². The van der Waals surface area contributed by atoms with Crippen LogP contribution in [0.5, 0.6) is 0 Å². The maximum atomic E-state index is 12.6. The molecule has 0 aliphatic heterocycles. The van der Waals surface area contributed by atoms with E-state index in [2.05, 4.69) is 26.2 Å². The Morgan fingerprint density at radius 1 is 1.12 bits per heavy atom. The number of nitrogens with one attached hydrogen (secondary N) is 2. The lowest BCUT2D eigenvalue weighted by Crippen LogP contribution is -2.35. The van der Waals surface area contributed by atoms with Crippen LogP contribution >= 0.6 is 0 Å². The van der Waals surface area contributed by atoms with Crippen LogP contribution in [0.4, 0.5) is 11.6 Å². The molecule has 1 amide bonds. The number of aryl methyl sites for hydroxylation is 1. The van der Waals surface area contributed by atoms with E-state index in [0.29, 0.717) is 12.4 Å². The molecule has 0 unspecified atom stereocenters. The van der Waals surface area contributed by atoms with Crippen molar-refractivity contribution in [3.63, 3.8) is 0 Å². The molecular formula is C18H20N6O. The van der Waals surface area contributed by atoms with E-state index in [1.165, 1.54) is 0 Å². The molecule has 0 aliphatic rings. The maximum absolute atomic E-state index is 12.6. The van der Waals surface area contributed by atoms with Crippen molar-refractivity contribution in [1.29, 1.82) is 0 Å². The summed E-state index contributed by atoms with van der Waals surface area (Å²) >= 11 is 0. The van der Waals surface area contributed by atoms with Gasteiger partial charge in [0, 0.05) is 5.69 Å². The largest absolute Gasteiger partial charge is 0.341 e. The van der Waals surface area contributed by atoms with E-state index in [1.807, 2.05) is 68.4 Å². The van der Waals surface area contributed by atoms with Crippen LogP contribution in [0.1, 0.15) is 18.9 Å². The fraction of sp³-hybridized carbons (Fsp3) is 0.222. The first-order chi connectivity index (χ1) is 12.2. The van der Waals surface area contributed by atoms with Crippen LogP contribution < -0.4 is 10.6 Å².